The van der Waals surface area contributed by atoms with Crippen LogP contribution in [0.3, 0.4) is 0 Å². The normalized spacial score (nSPS) is 32.2. The van der Waals surface area contributed by atoms with Gasteiger partial charge in [0.2, 0.25) is 0 Å². The molecular formula is C17H28N4O2. The van der Waals surface area contributed by atoms with Crippen LogP contribution in [0.1, 0.15) is 32.5 Å². The van der Waals surface area contributed by atoms with Crippen molar-refractivity contribution in [2.24, 2.45) is 11.8 Å². The molecule has 1 aromatic rings. The van der Waals surface area contributed by atoms with Gasteiger partial charge in [-0.3, -0.25) is 0 Å². The van der Waals surface area contributed by atoms with Gasteiger partial charge in [0.15, 0.2) is 0 Å². The Morgan fingerprint density at radius 3 is 1.74 bits per heavy atom. The van der Waals surface area contributed by atoms with Crippen molar-refractivity contribution < 1.29 is 10.2 Å². The minimum atomic E-state index is -0.210. The first-order chi connectivity index (χ1) is 10.9. The molecule has 6 heteroatoms. The van der Waals surface area contributed by atoms with Crippen LogP contribution in [0.4, 0.5) is 11.6 Å². The van der Waals surface area contributed by atoms with Crippen LogP contribution in [0.2, 0.25) is 0 Å². The third-order valence-electron chi connectivity index (χ3n) is 5.18. The summed E-state index contributed by atoms with van der Waals surface area (Å²) in [7, 11) is 0. The molecule has 128 valence electrons. The molecule has 0 amide bonds. The summed E-state index contributed by atoms with van der Waals surface area (Å²) in [4.78, 5) is 13.7. The largest absolute Gasteiger partial charge is 0.393 e. The van der Waals surface area contributed by atoms with E-state index in [0.29, 0.717) is 0 Å². The molecule has 2 saturated heterocycles. The molecule has 2 aliphatic rings. The van der Waals surface area contributed by atoms with Gasteiger partial charge in [-0.05, 0) is 31.6 Å². The third-order valence-corrected chi connectivity index (χ3v) is 5.18. The fraction of sp³-hybridized carbons (Fsp3) is 0.765. The van der Waals surface area contributed by atoms with Crippen LogP contribution in [0, 0.1) is 18.8 Å². The fourth-order valence-electron chi connectivity index (χ4n) is 3.54. The maximum atomic E-state index is 9.92. The van der Waals surface area contributed by atoms with Crippen LogP contribution in [-0.2, 0) is 0 Å². The van der Waals surface area contributed by atoms with E-state index in [9.17, 15) is 10.2 Å². The van der Waals surface area contributed by atoms with Crippen LogP contribution < -0.4 is 9.80 Å². The van der Waals surface area contributed by atoms with E-state index in [2.05, 4.69) is 39.7 Å². The molecule has 2 N–H and O–H groups in total. The lowest BCUT2D eigenvalue weighted by molar-refractivity contribution is 0.0966. The maximum absolute atomic E-state index is 9.92. The molecule has 2 aliphatic heterocycles. The van der Waals surface area contributed by atoms with Gasteiger partial charge in [-0.15, -0.1) is 0 Å². The fourth-order valence-corrected chi connectivity index (χ4v) is 3.54. The van der Waals surface area contributed by atoms with Gasteiger partial charge in [0.25, 0.3) is 0 Å². The van der Waals surface area contributed by atoms with Crippen LogP contribution in [0.15, 0.2) is 6.07 Å². The number of aryl methyl sites for hydroxylation is 1. The predicted molar refractivity (Wildman–Crippen MR) is 90.8 cm³/mol. The molecule has 1 aromatic heterocycles. The summed E-state index contributed by atoms with van der Waals surface area (Å²) in [5.74, 6) is 3.19. The summed E-state index contributed by atoms with van der Waals surface area (Å²) < 4.78 is 0. The molecule has 4 atom stereocenters. The van der Waals surface area contributed by atoms with Gasteiger partial charge in [-0.1, -0.05) is 13.8 Å². The van der Waals surface area contributed by atoms with Crippen LogP contribution in [-0.4, -0.2) is 58.6 Å². The van der Waals surface area contributed by atoms with Crippen LogP contribution >= 0.6 is 0 Å². The van der Waals surface area contributed by atoms with Gasteiger partial charge in [0.1, 0.15) is 17.5 Å². The number of aromatic nitrogens is 2. The van der Waals surface area contributed by atoms with E-state index >= 15 is 0 Å². The molecular weight excluding hydrogens is 292 g/mol. The summed E-state index contributed by atoms with van der Waals surface area (Å²) >= 11 is 0. The zero-order chi connectivity index (χ0) is 16.6. The highest BCUT2D eigenvalue weighted by Crippen LogP contribution is 2.27. The third kappa shape index (κ3) is 3.58. The van der Waals surface area contributed by atoms with E-state index in [1.165, 1.54) is 0 Å². The monoisotopic (exact) mass is 320 g/mol. The number of piperidine rings is 2. The Morgan fingerprint density at radius 2 is 1.35 bits per heavy atom. The summed E-state index contributed by atoms with van der Waals surface area (Å²) in [6, 6.07) is 2.06. The van der Waals surface area contributed by atoms with Crippen molar-refractivity contribution in [1.29, 1.82) is 0 Å². The predicted octanol–water partition coefficient (Wildman–Crippen LogP) is 1.20. The molecule has 23 heavy (non-hydrogen) atoms. The van der Waals surface area contributed by atoms with E-state index in [4.69, 9.17) is 0 Å². The molecule has 0 aliphatic carbocycles. The molecule has 3 rings (SSSR count). The van der Waals surface area contributed by atoms with E-state index in [1.807, 2.05) is 6.92 Å². The summed E-state index contributed by atoms with van der Waals surface area (Å²) in [5.41, 5.74) is 0. The van der Waals surface area contributed by atoms with Gasteiger partial charge < -0.3 is 20.0 Å². The second kappa shape index (κ2) is 6.61. The number of hydrogen-bond acceptors (Lipinski definition) is 6. The number of nitrogens with zero attached hydrogens (tertiary/aromatic N) is 4. The first-order valence-corrected chi connectivity index (χ1v) is 8.65. The lowest BCUT2D eigenvalue weighted by Crippen LogP contribution is -2.43. The van der Waals surface area contributed by atoms with Gasteiger partial charge in [-0.25, -0.2) is 9.97 Å². The van der Waals surface area contributed by atoms with Crippen molar-refractivity contribution in [2.45, 2.75) is 45.8 Å². The van der Waals surface area contributed by atoms with Crippen molar-refractivity contribution >= 4 is 11.6 Å². The molecule has 0 spiro atoms. The molecule has 0 aromatic carbocycles. The highest BCUT2D eigenvalue weighted by molar-refractivity contribution is 5.51. The van der Waals surface area contributed by atoms with Crippen molar-refractivity contribution in [1.82, 2.24) is 9.97 Å². The smallest absolute Gasteiger partial charge is 0.134 e. The Balaban J connectivity index is 1.79. The second-order valence-electron chi connectivity index (χ2n) is 7.19. The average Bonchev–Trinajstić information content (AvgIpc) is 2.52. The molecule has 0 radical (unpaired) electrons. The number of aliphatic hydroxyl groups is 2. The highest BCUT2D eigenvalue weighted by Gasteiger charge is 2.28. The van der Waals surface area contributed by atoms with E-state index in [-0.39, 0.29) is 24.0 Å². The minimum absolute atomic E-state index is 0.210. The molecule has 3 heterocycles. The zero-order valence-corrected chi connectivity index (χ0v) is 14.3. The minimum Gasteiger partial charge on any atom is -0.393 e. The zero-order valence-electron chi connectivity index (χ0n) is 14.3. The molecule has 4 unspecified atom stereocenters. The van der Waals surface area contributed by atoms with Gasteiger partial charge in [0, 0.05) is 32.2 Å². The maximum Gasteiger partial charge on any atom is 0.134 e. The Bertz CT molecular complexity index is 509. The SMILES string of the molecule is Cc1nc(N2CCC(O)C(C)C2)cc(N2CCC(O)C(C)C2)n1. The standard InChI is InChI=1S/C17H28N4O2/c1-11-9-20(6-4-14(11)22)16-8-17(19-13(3)18-16)21-7-5-15(23)12(2)10-21/h8,11-12,14-15,22-23H,4-7,9-10H2,1-3H3. The van der Waals surface area contributed by atoms with E-state index in [0.717, 1.165) is 56.5 Å². The summed E-state index contributed by atoms with van der Waals surface area (Å²) in [5, 5.41) is 19.8. The van der Waals surface area contributed by atoms with Crippen molar-refractivity contribution in [2.75, 3.05) is 36.0 Å². The summed E-state index contributed by atoms with van der Waals surface area (Å²) in [6.07, 6.45) is 1.15. The van der Waals surface area contributed by atoms with Crippen LogP contribution in [0.5, 0.6) is 0 Å². The topological polar surface area (TPSA) is 72.7 Å². The van der Waals surface area contributed by atoms with Gasteiger partial charge in [0.05, 0.1) is 12.2 Å². The number of anilines is 2. The Kier molecular flexibility index (Phi) is 4.73. The highest BCUT2D eigenvalue weighted by atomic mass is 16.3. The molecule has 0 saturated carbocycles. The summed E-state index contributed by atoms with van der Waals surface area (Å²) in [6.45, 7) is 9.40. The van der Waals surface area contributed by atoms with Gasteiger partial charge in [-0.2, -0.15) is 0 Å². The quantitative estimate of drug-likeness (QED) is 0.853. The van der Waals surface area contributed by atoms with Crippen molar-refractivity contribution in [3.05, 3.63) is 11.9 Å². The Hall–Kier alpha value is -1.40. The number of hydrogen-bond donors (Lipinski definition) is 2. The van der Waals surface area contributed by atoms with Crippen molar-refractivity contribution in [3.8, 4) is 0 Å². The first kappa shape index (κ1) is 16.5. The van der Waals surface area contributed by atoms with E-state index in [1.54, 1.807) is 0 Å². The Morgan fingerprint density at radius 1 is 0.913 bits per heavy atom. The number of aliphatic hydroxyl groups excluding tert-OH is 2. The van der Waals surface area contributed by atoms with Crippen LogP contribution in [0.25, 0.3) is 0 Å². The average molecular weight is 320 g/mol. The molecule has 0 bridgehead atoms. The second-order valence-corrected chi connectivity index (χ2v) is 7.19. The number of rotatable bonds is 2. The van der Waals surface area contributed by atoms with Crippen molar-refractivity contribution in [3.63, 3.8) is 0 Å². The molecule has 6 nitrogen and oxygen atoms in total. The molecule has 2 fully saturated rings. The van der Waals surface area contributed by atoms with E-state index < -0.39 is 0 Å². The lowest BCUT2D eigenvalue weighted by atomic mass is 9.96. The van der Waals surface area contributed by atoms with Gasteiger partial charge >= 0.3 is 0 Å². The lowest BCUT2D eigenvalue weighted by Gasteiger charge is -2.37. The first-order valence-electron chi connectivity index (χ1n) is 8.65. The Labute approximate surface area is 138 Å².